The maximum Gasteiger partial charge on any atom is 0.293 e. The quantitative estimate of drug-likeness (QED) is 0.146. The van der Waals surface area contributed by atoms with Crippen molar-refractivity contribution in [1.82, 2.24) is 39.4 Å². The first-order valence-corrected chi connectivity index (χ1v) is 21.9. The van der Waals surface area contributed by atoms with Gasteiger partial charge >= 0.3 is 0 Å². The van der Waals surface area contributed by atoms with Gasteiger partial charge in [-0.05, 0) is 68.1 Å². The van der Waals surface area contributed by atoms with Crippen LogP contribution in [0.1, 0.15) is 67.0 Å². The maximum absolute atomic E-state index is 15.5. The molecule has 1 amide bonds. The Balaban J connectivity index is 1.24. The Hall–Kier alpha value is -5.74. The molecule has 1 aliphatic heterocycles. The predicted octanol–water partition coefficient (Wildman–Crippen LogP) is 6.03. The van der Waals surface area contributed by atoms with E-state index in [2.05, 4.69) is 20.2 Å². The van der Waals surface area contributed by atoms with Crippen molar-refractivity contribution >= 4 is 61.1 Å². The fraction of sp³-hybridized carbons (Fsp3) is 0.400. The van der Waals surface area contributed by atoms with Crippen LogP contribution in [-0.4, -0.2) is 80.0 Å². The summed E-state index contributed by atoms with van der Waals surface area (Å²) in [6.07, 6.45) is -3.14. The molecule has 2 aliphatic carbocycles. The molecule has 63 heavy (non-hydrogen) atoms. The van der Waals surface area contributed by atoms with Crippen molar-refractivity contribution in [3.63, 3.8) is 0 Å². The van der Waals surface area contributed by atoms with E-state index in [0.29, 0.717) is 29.7 Å². The van der Waals surface area contributed by atoms with Gasteiger partial charge in [-0.2, -0.15) is 19.0 Å². The number of alkyl halides is 4. The lowest BCUT2D eigenvalue weighted by atomic mass is 10.0. The Morgan fingerprint density at radius 3 is 2.40 bits per heavy atom. The van der Waals surface area contributed by atoms with Gasteiger partial charge in [-0.1, -0.05) is 11.6 Å². The van der Waals surface area contributed by atoms with E-state index in [4.69, 9.17) is 26.3 Å². The van der Waals surface area contributed by atoms with Gasteiger partial charge in [0, 0.05) is 44.1 Å². The van der Waals surface area contributed by atoms with Crippen molar-refractivity contribution in [2.24, 2.45) is 13.0 Å². The second-order valence-electron chi connectivity index (χ2n) is 16.2. The second kappa shape index (κ2) is 15.2. The number of nitrogens with one attached hydrogen (secondary N) is 2. The monoisotopic (exact) mass is 918 g/mol. The third-order valence-electron chi connectivity index (χ3n) is 11.4. The number of aryl methyl sites for hydroxylation is 1. The summed E-state index contributed by atoms with van der Waals surface area (Å²) >= 11 is 6.64. The van der Waals surface area contributed by atoms with E-state index in [1.807, 2.05) is 18.7 Å². The van der Waals surface area contributed by atoms with Gasteiger partial charge in [-0.3, -0.25) is 28.2 Å². The minimum absolute atomic E-state index is 0.00514. The van der Waals surface area contributed by atoms with E-state index in [1.165, 1.54) is 29.9 Å². The molecule has 5 atom stereocenters. The van der Waals surface area contributed by atoms with E-state index in [9.17, 15) is 30.8 Å². The number of benzene rings is 2. The van der Waals surface area contributed by atoms with Crippen molar-refractivity contribution in [3.8, 4) is 5.69 Å². The number of sulfonamides is 1. The van der Waals surface area contributed by atoms with Crippen LogP contribution in [0.2, 0.25) is 5.02 Å². The number of carbonyl (C=O) groups excluding carboxylic acids is 1. The topological polar surface area (TPSA) is 171 Å². The van der Waals surface area contributed by atoms with Crippen LogP contribution in [0, 0.1) is 17.6 Å². The number of nitrogens with zero attached hydrogens (tertiary/aromatic N) is 8. The van der Waals surface area contributed by atoms with E-state index < -0.39 is 87.7 Å². The number of halogens is 7. The summed E-state index contributed by atoms with van der Waals surface area (Å²) in [5.74, 6) is -8.65. The maximum atomic E-state index is 15.5. The lowest BCUT2D eigenvalue weighted by molar-refractivity contribution is -0.123. The molecule has 2 aromatic carbocycles. The largest absolute Gasteiger partial charge is 0.372 e. The summed E-state index contributed by atoms with van der Waals surface area (Å²) in [6, 6.07) is 6.97. The third kappa shape index (κ3) is 7.64. The number of aromatic nitrogens is 7. The predicted molar refractivity (Wildman–Crippen MR) is 218 cm³/mol. The Morgan fingerprint density at radius 2 is 1.73 bits per heavy atom. The second-order valence-corrected chi connectivity index (χ2v) is 18.4. The van der Waals surface area contributed by atoms with Crippen LogP contribution < -0.4 is 20.5 Å². The zero-order valence-electron chi connectivity index (χ0n) is 33.7. The SMILES string of the molecule is C[C@@H]1CN(c2ccc3c(=O)n(-c4ccc(Cl)c5c(NS(C)(=O)=O)nn(C)c45)c([C@H](Cc4cc(F)cc(F)c4)NC(=O)Cn4nc(C(F)F)c5c4C(F)(F)[C@@H]4C[C@H]54)nc3n2)C[C@H](C)O1. The summed E-state index contributed by atoms with van der Waals surface area (Å²) in [5.41, 5.74) is -2.73. The molecular formula is C40H37ClF6N10O5S. The number of ether oxygens (including phenoxy) is 1. The van der Waals surface area contributed by atoms with E-state index in [-0.39, 0.29) is 74.0 Å². The lowest BCUT2D eigenvalue weighted by Crippen LogP contribution is -2.45. The van der Waals surface area contributed by atoms with Crippen molar-refractivity contribution in [2.75, 3.05) is 29.0 Å². The molecule has 9 rings (SSSR count). The van der Waals surface area contributed by atoms with Gasteiger partial charge in [0.2, 0.25) is 15.9 Å². The molecule has 1 saturated carbocycles. The molecule has 5 heterocycles. The van der Waals surface area contributed by atoms with Crippen LogP contribution in [0.25, 0.3) is 27.6 Å². The summed E-state index contributed by atoms with van der Waals surface area (Å²) in [6.45, 7) is 3.67. The number of morpholine rings is 1. The third-order valence-corrected chi connectivity index (χ3v) is 12.3. The van der Waals surface area contributed by atoms with Crippen LogP contribution in [-0.2, 0) is 45.5 Å². The molecule has 332 valence electrons. The average Bonchev–Trinajstić information content (AvgIpc) is 3.72. The van der Waals surface area contributed by atoms with Crippen LogP contribution >= 0.6 is 11.6 Å². The Kier molecular flexibility index (Phi) is 10.3. The Bertz CT molecular complexity index is 3020. The standard InChI is InChI=1S/C40H37ClF6N10O5S/c1-17-14-55(15-18(2)62-17)28-8-5-22-36(49-28)50-38(57(39(22)59)27-7-6-25(41)31-33(27)54(3)52-37(31)53-63(4,60)61)26(11-19-9-20(42)12-21(43)10-19)48-29(58)16-56-34-30(32(51-56)35(44)45)23-13-24(23)40(34,46)47/h5-10,12,17-18,23-24,26,35H,11,13-16H2,1-4H3,(H,48,58)(H,52,53)/t17-,18+,23-,24+,26-/m0/s1. The molecule has 2 fully saturated rings. The molecule has 0 radical (unpaired) electrons. The highest BCUT2D eigenvalue weighted by Gasteiger charge is 2.67. The van der Waals surface area contributed by atoms with Gasteiger partial charge in [0.25, 0.3) is 17.9 Å². The van der Waals surface area contributed by atoms with Crippen molar-refractivity contribution in [1.29, 1.82) is 0 Å². The first-order chi connectivity index (χ1) is 29.7. The van der Waals surface area contributed by atoms with Crippen LogP contribution in [0.5, 0.6) is 0 Å². The van der Waals surface area contributed by atoms with Crippen LogP contribution in [0.4, 0.5) is 38.0 Å². The van der Waals surface area contributed by atoms with Gasteiger partial charge < -0.3 is 15.0 Å². The lowest BCUT2D eigenvalue weighted by Gasteiger charge is -2.36. The summed E-state index contributed by atoms with van der Waals surface area (Å²) in [7, 11) is -2.46. The zero-order chi connectivity index (χ0) is 45.0. The highest BCUT2D eigenvalue weighted by atomic mass is 35.5. The molecule has 1 saturated heterocycles. The van der Waals surface area contributed by atoms with Crippen molar-refractivity contribution in [2.45, 2.75) is 69.7 Å². The summed E-state index contributed by atoms with van der Waals surface area (Å²) in [4.78, 5) is 40.7. The molecule has 0 spiro atoms. The number of carbonyl (C=O) groups is 1. The zero-order valence-corrected chi connectivity index (χ0v) is 35.3. The highest BCUT2D eigenvalue weighted by Crippen LogP contribution is 2.68. The summed E-state index contributed by atoms with van der Waals surface area (Å²) in [5, 5.41) is 10.8. The summed E-state index contributed by atoms with van der Waals surface area (Å²) < 4.78 is 125. The fourth-order valence-electron chi connectivity index (χ4n) is 8.99. The molecule has 0 bridgehead atoms. The molecular weight excluding hydrogens is 882 g/mol. The molecule has 4 aromatic heterocycles. The Morgan fingerprint density at radius 1 is 1.03 bits per heavy atom. The normalized spacial score (nSPS) is 20.9. The smallest absolute Gasteiger partial charge is 0.293 e. The van der Waals surface area contributed by atoms with Gasteiger partial charge in [0.05, 0.1) is 51.5 Å². The number of pyridine rings is 1. The molecule has 3 aliphatic rings. The first kappa shape index (κ1) is 42.6. The fourth-order valence-corrected chi connectivity index (χ4v) is 9.73. The number of amides is 1. The van der Waals surface area contributed by atoms with Gasteiger partial charge in [-0.15, -0.1) is 0 Å². The molecule has 6 aromatic rings. The minimum Gasteiger partial charge on any atom is -0.372 e. The van der Waals surface area contributed by atoms with Gasteiger partial charge in [0.15, 0.2) is 11.5 Å². The van der Waals surface area contributed by atoms with E-state index in [0.717, 1.165) is 23.0 Å². The van der Waals surface area contributed by atoms with Crippen molar-refractivity contribution in [3.05, 3.63) is 97.8 Å². The van der Waals surface area contributed by atoms with Gasteiger partial charge in [-0.25, -0.2) is 35.9 Å². The van der Waals surface area contributed by atoms with E-state index >= 15 is 13.6 Å². The molecule has 23 heteroatoms. The first-order valence-electron chi connectivity index (χ1n) is 19.7. The average molecular weight is 919 g/mol. The number of rotatable bonds is 11. The molecule has 15 nitrogen and oxygen atoms in total. The Labute approximate surface area is 359 Å². The molecule has 2 N–H and O–H groups in total. The van der Waals surface area contributed by atoms with Crippen LogP contribution in [0.15, 0.2) is 47.3 Å². The van der Waals surface area contributed by atoms with Crippen LogP contribution in [0.3, 0.4) is 0 Å². The number of fused-ring (bicyclic) bond motifs is 5. The number of hydrogen-bond donors (Lipinski definition) is 2. The van der Waals surface area contributed by atoms with Gasteiger partial charge in [0.1, 0.15) is 41.2 Å². The number of anilines is 2. The van der Waals surface area contributed by atoms with Crippen molar-refractivity contribution < 1.29 is 44.3 Å². The van der Waals surface area contributed by atoms with E-state index in [1.54, 1.807) is 6.07 Å². The minimum atomic E-state index is -3.91. The molecule has 0 unspecified atom stereocenters. The number of hydrogen-bond acceptors (Lipinski definition) is 10. The highest BCUT2D eigenvalue weighted by molar-refractivity contribution is 7.92.